The molecule has 2 aromatic heterocycles. The Morgan fingerprint density at radius 2 is 1.11 bits per heavy atom. The van der Waals surface area contributed by atoms with E-state index in [1.54, 1.807) is 0 Å². The van der Waals surface area contributed by atoms with Gasteiger partial charge in [-0.25, -0.2) is 9.97 Å². The highest BCUT2D eigenvalue weighted by atomic mass is 16.3. The molecule has 0 fully saturated rings. The number of rotatable bonds is 4. The van der Waals surface area contributed by atoms with E-state index < -0.39 is 0 Å². The summed E-state index contributed by atoms with van der Waals surface area (Å²) in [7, 11) is 0. The Balaban J connectivity index is 1.33. The van der Waals surface area contributed by atoms with Crippen LogP contribution in [0.5, 0.6) is 0 Å². The van der Waals surface area contributed by atoms with Crippen LogP contribution in [-0.4, -0.2) is 9.97 Å². The molecule has 3 nitrogen and oxygen atoms in total. The highest BCUT2D eigenvalue weighted by Gasteiger charge is 2.13. The first-order valence-corrected chi connectivity index (χ1v) is 12.8. The predicted molar refractivity (Wildman–Crippen MR) is 156 cm³/mol. The predicted octanol–water partition coefficient (Wildman–Crippen LogP) is 9.35. The van der Waals surface area contributed by atoms with Crippen LogP contribution in [-0.2, 0) is 0 Å². The van der Waals surface area contributed by atoms with E-state index in [0.717, 1.165) is 67.0 Å². The van der Waals surface area contributed by atoms with E-state index in [9.17, 15) is 0 Å². The van der Waals surface area contributed by atoms with Gasteiger partial charge < -0.3 is 4.42 Å². The summed E-state index contributed by atoms with van der Waals surface area (Å²) < 4.78 is 6.27. The molecule has 0 saturated heterocycles. The standard InChI is InChI=1S/C35H24N2O/c1-23-14-16-25(17-15-23)31-22-32(37-35(36-31)27-8-3-2-4-9-27)26-20-18-24(19-21-26)28-11-7-12-30-29-10-5-6-13-33(29)38-34(28)30/h2-22H,1H3. The maximum atomic E-state index is 6.27. The lowest BCUT2D eigenvalue weighted by Crippen LogP contribution is -1.96. The minimum atomic E-state index is 0.717. The van der Waals surface area contributed by atoms with Crippen LogP contribution >= 0.6 is 0 Å². The molecule has 38 heavy (non-hydrogen) atoms. The Morgan fingerprint density at radius 1 is 0.500 bits per heavy atom. The molecule has 0 aliphatic carbocycles. The quantitative estimate of drug-likeness (QED) is 0.248. The van der Waals surface area contributed by atoms with Crippen molar-refractivity contribution in [3.8, 4) is 45.0 Å². The Bertz CT molecular complexity index is 1900. The van der Waals surface area contributed by atoms with Crippen LogP contribution in [0.4, 0.5) is 0 Å². The van der Waals surface area contributed by atoms with E-state index in [1.807, 2.05) is 30.3 Å². The molecule has 0 N–H and O–H groups in total. The smallest absolute Gasteiger partial charge is 0.160 e. The van der Waals surface area contributed by atoms with Crippen molar-refractivity contribution >= 4 is 21.9 Å². The first-order chi connectivity index (χ1) is 18.7. The van der Waals surface area contributed by atoms with E-state index in [4.69, 9.17) is 14.4 Å². The number of hydrogen-bond acceptors (Lipinski definition) is 3. The molecule has 5 aromatic carbocycles. The summed E-state index contributed by atoms with van der Waals surface area (Å²) in [5.41, 5.74) is 10.1. The summed E-state index contributed by atoms with van der Waals surface area (Å²) in [4.78, 5) is 9.89. The topological polar surface area (TPSA) is 38.9 Å². The van der Waals surface area contributed by atoms with Crippen molar-refractivity contribution in [2.24, 2.45) is 0 Å². The fourth-order valence-electron chi connectivity index (χ4n) is 4.98. The molecule has 7 rings (SSSR count). The minimum absolute atomic E-state index is 0.717. The van der Waals surface area contributed by atoms with Crippen molar-refractivity contribution in [2.75, 3.05) is 0 Å². The molecule has 0 spiro atoms. The number of aryl methyl sites for hydroxylation is 1. The summed E-state index contributed by atoms with van der Waals surface area (Å²) in [5, 5.41) is 2.27. The van der Waals surface area contributed by atoms with E-state index in [-0.39, 0.29) is 0 Å². The van der Waals surface area contributed by atoms with Gasteiger partial charge in [-0.15, -0.1) is 0 Å². The number of benzene rings is 5. The fraction of sp³-hybridized carbons (Fsp3) is 0.0286. The number of para-hydroxylation sites is 2. The molecule has 7 aromatic rings. The lowest BCUT2D eigenvalue weighted by molar-refractivity contribution is 0.670. The van der Waals surface area contributed by atoms with Gasteiger partial charge in [0.1, 0.15) is 11.2 Å². The normalized spacial score (nSPS) is 11.3. The first kappa shape index (κ1) is 22.2. The van der Waals surface area contributed by atoms with E-state index in [0.29, 0.717) is 0 Å². The van der Waals surface area contributed by atoms with Crippen molar-refractivity contribution < 1.29 is 4.42 Å². The van der Waals surface area contributed by atoms with Crippen LogP contribution < -0.4 is 0 Å². The van der Waals surface area contributed by atoms with Gasteiger partial charge in [-0.3, -0.25) is 0 Å². The molecule has 0 aliphatic heterocycles. The van der Waals surface area contributed by atoms with Gasteiger partial charge in [-0.05, 0) is 24.6 Å². The SMILES string of the molecule is Cc1ccc(-c2cc(-c3ccc(-c4cccc5c4oc4ccccc45)cc3)nc(-c3ccccc3)n2)cc1. The highest BCUT2D eigenvalue weighted by molar-refractivity contribution is 6.09. The lowest BCUT2D eigenvalue weighted by atomic mass is 9.99. The molecule has 0 aliphatic rings. The Labute approximate surface area is 221 Å². The number of hydrogen-bond donors (Lipinski definition) is 0. The van der Waals surface area contributed by atoms with Crippen molar-refractivity contribution in [3.63, 3.8) is 0 Å². The zero-order valence-electron chi connectivity index (χ0n) is 20.9. The van der Waals surface area contributed by atoms with Crippen molar-refractivity contribution in [2.45, 2.75) is 6.92 Å². The van der Waals surface area contributed by atoms with Crippen LogP contribution in [0.2, 0.25) is 0 Å². The molecule has 3 heteroatoms. The Kier molecular flexibility index (Phi) is 5.33. The van der Waals surface area contributed by atoms with Crippen LogP contribution in [0.25, 0.3) is 67.0 Å². The highest BCUT2D eigenvalue weighted by Crippen LogP contribution is 2.36. The van der Waals surface area contributed by atoms with Gasteiger partial charge in [0.2, 0.25) is 0 Å². The molecule has 2 heterocycles. The third-order valence-electron chi connectivity index (χ3n) is 7.00. The molecule has 0 unspecified atom stereocenters. The van der Waals surface area contributed by atoms with Crippen LogP contribution in [0.1, 0.15) is 5.56 Å². The summed E-state index contributed by atoms with van der Waals surface area (Å²) in [6.45, 7) is 2.10. The van der Waals surface area contributed by atoms with Crippen molar-refractivity contribution in [1.82, 2.24) is 9.97 Å². The molecule has 0 radical (unpaired) electrons. The zero-order valence-corrected chi connectivity index (χ0v) is 20.9. The molecule has 0 atom stereocenters. The molecule has 180 valence electrons. The van der Waals surface area contributed by atoms with Gasteiger partial charge >= 0.3 is 0 Å². The third-order valence-corrected chi connectivity index (χ3v) is 7.00. The molecular formula is C35H24N2O. The zero-order chi connectivity index (χ0) is 25.5. The monoisotopic (exact) mass is 488 g/mol. The van der Waals surface area contributed by atoms with Gasteiger partial charge in [0.15, 0.2) is 5.82 Å². The second-order valence-corrected chi connectivity index (χ2v) is 9.55. The van der Waals surface area contributed by atoms with Gasteiger partial charge in [0.25, 0.3) is 0 Å². The summed E-state index contributed by atoms with van der Waals surface area (Å²) in [6.07, 6.45) is 0. The summed E-state index contributed by atoms with van der Waals surface area (Å²) >= 11 is 0. The molecule has 0 amide bonds. The Morgan fingerprint density at radius 3 is 1.84 bits per heavy atom. The number of fused-ring (bicyclic) bond motifs is 3. The number of aromatic nitrogens is 2. The average Bonchev–Trinajstić information content (AvgIpc) is 3.37. The van der Waals surface area contributed by atoms with E-state index >= 15 is 0 Å². The van der Waals surface area contributed by atoms with Crippen molar-refractivity contribution in [3.05, 3.63) is 133 Å². The Hall–Kier alpha value is -5.02. The maximum Gasteiger partial charge on any atom is 0.160 e. The largest absolute Gasteiger partial charge is 0.455 e. The van der Waals surface area contributed by atoms with E-state index in [1.165, 1.54) is 5.56 Å². The van der Waals surface area contributed by atoms with Crippen LogP contribution in [0.15, 0.2) is 132 Å². The first-order valence-electron chi connectivity index (χ1n) is 12.8. The lowest BCUT2D eigenvalue weighted by Gasteiger charge is -2.10. The summed E-state index contributed by atoms with van der Waals surface area (Å²) in [6, 6.07) is 43.8. The number of furan rings is 1. The third kappa shape index (κ3) is 3.95. The van der Waals surface area contributed by atoms with Crippen LogP contribution in [0.3, 0.4) is 0 Å². The van der Waals surface area contributed by atoms with Crippen molar-refractivity contribution in [1.29, 1.82) is 0 Å². The van der Waals surface area contributed by atoms with Gasteiger partial charge in [0.05, 0.1) is 11.4 Å². The van der Waals surface area contributed by atoms with Gasteiger partial charge in [-0.2, -0.15) is 0 Å². The van der Waals surface area contributed by atoms with Crippen LogP contribution in [0, 0.1) is 6.92 Å². The van der Waals surface area contributed by atoms with Gasteiger partial charge in [-0.1, -0.05) is 121 Å². The molecule has 0 saturated carbocycles. The average molecular weight is 489 g/mol. The fourth-order valence-corrected chi connectivity index (χ4v) is 4.98. The van der Waals surface area contributed by atoms with E-state index in [2.05, 4.69) is 104 Å². The molecular weight excluding hydrogens is 464 g/mol. The minimum Gasteiger partial charge on any atom is -0.455 e. The number of nitrogens with zero attached hydrogens (tertiary/aromatic N) is 2. The summed E-state index contributed by atoms with van der Waals surface area (Å²) in [5.74, 6) is 0.717. The molecule has 0 bridgehead atoms. The second-order valence-electron chi connectivity index (χ2n) is 9.55. The maximum absolute atomic E-state index is 6.27. The second kappa shape index (κ2) is 9.13. The van der Waals surface area contributed by atoms with Gasteiger partial charge in [0, 0.05) is 33.0 Å².